The second-order valence-corrected chi connectivity index (χ2v) is 6.54. The Labute approximate surface area is 127 Å². The van der Waals surface area contributed by atoms with Gasteiger partial charge in [0.2, 0.25) is 5.89 Å². The fourth-order valence-corrected chi connectivity index (χ4v) is 3.70. The average molecular weight is 303 g/mol. The number of ether oxygens (including phenoxy) is 1. The molecule has 1 aromatic carbocycles. The first-order valence-corrected chi connectivity index (χ1v) is 8.41. The van der Waals surface area contributed by atoms with E-state index in [1.165, 1.54) is 5.56 Å². The molecule has 1 fully saturated rings. The van der Waals surface area contributed by atoms with Crippen molar-refractivity contribution in [2.45, 2.75) is 18.4 Å². The van der Waals surface area contributed by atoms with Gasteiger partial charge in [0.25, 0.3) is 0 Å². The number of nitrogens with zero attached hydrogens (tertiary/aromatic N) is 2. The van der Waals surface area contributed by atoms with E-state index in [4.69, 9.17) is 9.26 Å². The largest absolute Gasteiger partial charge is 0.493 e. The van der Waals surface area contributed by atoms with Crippen molar-refractivity contribution in [1.29, 1.82) is 0 Å². The Morgan fingerprint density at radius 1 is 1.29 bits per heavy atom. The molecule has 2 aliphatic heterocycles. The molecule has 6 heteroatoms. The lowest BCUT2D eigenvalue weighted by molar-refractivity contribution is 0.253. The highest BCUT2D eigenvalue weighted by molar-refractivity contribution is 7.99. The quantitative estimate of drug-likeness (QED) is 0.917. The van der Waals surface area contributed by atoms with E-state index in [-0.39, 0.29) is 12.0 Å². The normalized spacial score (nSPS) is 25.1. The van der Waals surface area contributed by atoms with E-state index in [0.29, 0.717) is 12.5 Å². The van der Waals surface area contributed by atoms with E-state index in [2.05, 4.69) is 21.5 Å². The first kappa shape index (κ1) is 13.2. The third-order valence-electron chi connectivity index (χ3n) is 3.92. The van der Waals surface area contributed by atoms with Crippen molar-refractivity contribution in [3.05, 3.63) is 41.5 Å². The molecule has 5 nitrogen and oxygen atoms in total. The molecule has 3 heterocycles. The highest BCUT2D eigenvalue weighted by Gasteiger charge is 2.27. The maximum atomic E-state index is 5.80. The smallest absolute Gasteiger partial charge is 0.244 e. The summed E-state index contributed by atoms with van der Waals surface area (Å²) in [6, 6.07) is 8.33. The lowest BCUT2D eigenvalue weighted by Crippen LogP contribution is -2.30. The van der Waals surface area contributed by atoms with Gasteiger partial charge in [-0.15, -0.1) is 0 Å². The van der Waals surface area contributed by atoms with Crippen LogP contribution in [-0.2, 0) is 6.42 Å². The molecule has 1 N–H and O–H groups in total. The average Bonchev–Trinajstić information content (AvgIpc) is 3.05. The van der Waals surface area contributed by atoms with Gasteiger partial charge in [-0.1, -0.05) is 23.4 Å². The number of nitrogens with one attached hydrogen (secondary N) is 1. The third kappa shape index (κ3) is 2.65. The summed E-state index contributed by atoms with van der Waals surface area (Å²) in [4.78, 5) is 4.60. The fraction of sp³-hybridized carbons (Fsp3) is 0.467. The van der Waals surface area contributed by atoms with Gasteiger partial charge in [-0.05, 0) is 18.1 Å². The Morgan fingerprint density at radius 3 is 3.14 bits per heavy atom. The molecule has 1 saturated heterocycles. The minimum atomic E-state index is 0.175. The zero-order valence-electron chi connectivity index (χ0n) is 11.6. The number of fused-ring (bicyclic) bond motifs is 1. The Hall–Kier alpha value is -1.53. The molecular formula is C15H17N3O2S. The van der Waals surface area contributed by atoms with Gasteiger partial charge in [-0.2, -0.15) is 16.7 Å². The maximum absolute atomic E-state index is 5.80. The number of para-hydroxylation sites is 1. The maximum Gasteiger partial charge on any atom is 0.244 e. The highest BCUT2D eigenvalue weighted by Crippen LogP contribution is 2.31. The van der Waals surface area contributed by atoms with Gasteiger partial charge < -0.3 is 14.6 Å². The molecule has 110 valence electrons. The Bertz CT molecular complexity index is 625. The second kappa shape index (κ2) is 5.69. The number of thioether (sulfide) groups is 1. The number of rotatable bonds is 2. The van der Waals surface area contributed by atoms with Crippen molar-refractivity contribution in [1.82, 2.24) is 15.5 Å². The predicted molar refractivity (Wildman–Crippen MR) is 80.7 cm³/mol. The van der Waals surface area contributed by atoms with Crippen LogP contribution in [0.15, 0.2) is 28.8 Å². The molecule has 1 aromatic heterocycles. The Kier molecular flexibility index (Phi) is 3.57. The van der Waals surface area contributed by atoms with Crippen LogP contribution in [0, 0.1) is 0 Å². The molecule has 0 radical (unpaired) electrons. The van der Waals surface area contributed by atoms with Gasteiger partial charge in [0, 0.05) is 18.1 Å². The van der Waals surface area contributed by atoms with E-state index in [9.17, 15) is 0 Å². The van der Waals surface area contributed by atoms with Gasteiger partial charge in [0.1, 0.15) is 5.75 Å². The molecular weight excluding hydrogens is 286 g/mol. The van der Waals surface area contributed by atoms with Crippen molar-refractivity contribution in [2.24, 2.45) is 0 Å². The monoisotopic (exact) mass is 303 g/mol. The summed E-state index contributed by atoms with van der Waals surface area (Å²) in [5.41, 5.74) is 1.21. The number of hydrogen-bond donors (Lipinski definition) is 1. The minimum Gasteiger partial charge on any atom is -0.493 e. The van der Waals surface area contributed by atoms with Crippen LogP contribution in [0.2, 0.25) is 0 Å². The van der Waals surface area contributed by atoms with E-state index >= 15 is 0 Å². The third-order valence-corrected chi connectivity index (χ3v) is 4.98. The van der Waals surface area contributed by atoms with E-state index in [1.807, 2.05) is 30.0 Å². The number of hydrogen-bond acceptors (Lipinski definition) is 6. The van der Waals surface area contributed by atoms with Crippen LogP contribution in [0.25, 0.3) is 0 Å². The molecule has 21 heavy (non-hydrogen) atoms. The summed E-state index contributed by atoms with van der Waals surface area (Å²) in [6.45, 7) is 1.61. The molecule has 0 spiro atoms. The summed E-state index contributed by atoms with van der Waals surface area (Å²) < 4.78 is 11.3. The van der Waals surface area contributed by atoms with E-state index < -0.39 is 0 Å². The molecule has 0 bridgehead atoms. The summed E-state index contributed by atoms with van der Waals surface area (Å²) in [6.07, 6.45) is 0.905. The molecule has 0 saturated carbocycles. The fourth-order valence-electron chi connectivity index (χ4n) is 2.77. The second-order valence-electron chi connectivity index (χ2n) is 5.39. The first-order valence-electron chi connectivity index (χ1n) is 7.25. The lowest BCUT2D eigenvalue weighted by atomic mass is 9.96. The van der Waals surface area contributed by atoms with Gasteiger partial charge in [-0.3, -0.25) is 0 Å². The first-order chi connectivity index (χ1) is 10.4. The molecule has 2 unspecified atom stereocenters. The van der Waals surface area contributed by atoms with Gasteiger partial charge in [0.15, 0.2) is 5.82 Å². The van der Waals surface area contributed by atoms with Crippen LogP contribution in [0.3, 0.4) is 0 Å². The van der Waals surface area contributed by atoms with Crippen molar-refractivity contribution in [3.8, 4) is 5.75 Å². The molecule has 0 amide bonds. The SMILES string of the molecule is c1ccc2c(c1)CC(c1noc(C3CSCCN3)n1)CO2. The molecule has 2 aromatic rings. The molecule has 2 aliphatic rings. The van der Waals surface area contributed by atoms with E-state index in [0.717, 1.165) is 36.0 Å². The summed E-state index contributed by atoms with van der Waals surface area (Å²) in [5, 5.41) is 7.59. The number of aromatic nitrogens is 2. The lowest BCUT2D eigenvalue weighted by Gasteiger charge is -2.23. The van der Waals surface area contributed by atoms with Crippen LogP contribution >= 0.6 is 11.8 Å². The van der Waals surface area contributed by atoms with Crippen molar-refractivity contribution in [3.63, 3.8) is 0 Å². The summed E-state index contributed by atoms with van der Waals surface area (Å²) >= 11 is 1.92. The van der Waals surface area contributed by atoms with Crippen LogP contribution in [0.5, 0.6) is 5.75 Å². The predicted octanol–water partition coefficient (Wildman–Crippen LogP) is 2.17. The summed E-state index contributed by atoms with van der Waals surface area (Å²) in [7, 11) is 0. The van der Waals surface area contributed by atoms with Crippen molar-refractivity contribution >= 4 is 11.8 Å². The highest BCUT2D eigenvalue weighted by atomic mass is 32.2. The van der Waals surface area contributed by atoms with Gasteiger partial charge in [-0.25, -0.2) is 0 Å². The molecule has 2 atom stereocenters. The zero-order valence-corrected chi connectivity index (χ0v) is 12.4. The molecule has 0 aliphatic carbocycles. The van der Waals surface area contributed by atoms with Gasteiger partial charge in [0.05, 0.1) is 18.6 Å². The summed E-state index contributed by atoms with van der Waals surface area (Å²) in [5.74, 6) is 4.75. The Morgan fingerprint density at radius 2 is 2.24 bits per heavy atom. The van der Waals surface area contributed by atoms with Crippen LogP contribution in [-0.4, -0.2) is 34.8 Å². The number of benzene rings is 1. The van der Waals surface area contributed by atoms with Crippen LogP contribution < -0.4 is 10.1 Å². The van der Waals surface area contributed by atoms with Crippen LogP contribution in [0.1, 0.15) is 29.2 Å². The minimum absolute atomic E-state index is 0.175. The van der Waals surface area contributed by atoms with Crippen molar-refractivity contribution in [2.75, 3.05) is 24.7 Å². The van der Waals surface area contributed by atoms with Crippen LogP contribution in [0.4, 0.5) is 0 Å². The van der Waals surface area contributed by atoms with Crippen molar-refractivity contribution < 1.29 is 9.26 Å². The topological polar surface area (TPSA) is 60.2 Å². The Balaban J connectivity index is 1.51. The van der Waals surface area contributed by atoms with Gasteiger partial charge >= 0.3 is 0 Å². The standard InChI is InChI=1S/C15H17N3O2S/c1-2-4-13-10(3-1)7-11(8-19-13)14-17-15(20-18-14)12-9-21-6-5-16-12/h1-4,11-12,16H,5-9H2. The molecule has 4 rings (SSSR count). The van der Waals surface area contributed by atoms with E-state index in [1.54, 1.807) is 0 Å². The zero-order chi connectivity index (χ0) is 14.1.